The Bertz CT molecular complexity index is 717. The Kier molecular flexibility index (Phi) is 4.56. The predicted molar refractivity (Wildman–Crippen MR) is 87.5 cm³/mol. The summed E-state index contributed by atoms with van der Waals surface area (Å²) in [5.41, 5.74) is -1.45. The summed E-state index contributed by atoms with van der Waals surface area (Å²) in [4.78, 5) is 22.8. The van der Waals surface area contributed by atoms with E-state index in [1.807, 2.05) is 6.92 Å². The van der Waals surface area contributed by atoms with Crippen LogP contribution in [0.3, 0.4) is 0 Å². The first-order valence-corrected chi connectivity index (χ1v) is 8.04. The number of Topliss-reactive ketones (excluding diaryl/α,β-unsaturated/α-hetero) is 1. The van der Waals surface area contributed by atoms with Crippen LogP contribution in [0.2, 0.25) is 0 Å². The molecule has 0 unspecified atom stereocenters. The fourth-order valence-electron chi connectivity index (χ4n) is 2.27. The third kappa shape index (κ3) is 3.12. The molecule has 8 heteroatoms. The first-order valence-electron chi connectivity index (χ1n) is 7.22. The summed E-state index contributed by atoms with van der Waals surface area (Å²) in [7, 11) is 0. The Hall–Kier alpha value is -2.22. The van der Waals surface area contributed by atoms with Crippen molar-refractivity contribution in [2.24, 2.45) is 0 Å². The van der Waals surface area contributed by atoms with Crippen LogP contribution in [0, 0.1) is 15.5 Å². The van der Waals surface area contributed by atoms with Crippen molar-refractivity contribution >= 4 is 33.4 Å². The molecule has 0 amide bonds. The number of ketones is 1. The summed E-state index contributed by atoms with van der Waals surface area (Å²) in [6, 6.07) is 1.26. The number of nitrogens with zero attached hydrogens (tertiary/aromatic N) is 1. The third-order valence-corrected chi connectivity index (χ3v) is 4.64. The summed E-state index contributed by atoms with van der Waals surface area (Å²) >= 11 is 0.791. The largest absolute Gasteiger partial charge is 0.507 e. The molecule has 0 radical (unpaired) electrons. The molecule has 0 saturated heterocycles. The lowest BCUT2D eigenvalue weighted by Gasteiger charge is -2.31. The highest BCUT2D eigenvalue weighted by Gasteiger charge is 2.40. The maximum atomic E-state index is 12.2. The average Bonchev–Trinajstić information content (AvgIpc) is 2.88. The highest BCUT2D eigenvalue weighted by molar-refractivity contribution is 7.17. The molecule has 2 heterocycles. The van der Waals surface area contributed by atoms with Crippen molar-refractivity contribution in [3.05, 3.63) is 26.8 Å². The average molecular weight is 338 g/mol. The number of carbonyl (C=O) groups excluding carboxylic acids is 1. The van der Waals surface area contributed by atoms with Crippen LogP contribution in [-0.4, -0.2) is 27.1 Å². The highest BCUT2D eigenvalue weighted by atomic mass is 32.1. The molecule has 0 saturated carbocycles. The van der Waals surface area contributed by atoms with Crippen LogP contribution in [0.4, 0.5) is 5.00 Å². The second-order valence-electron chi connectivity index (χ2n) is 5.77. The fourth-order valence-corrected chi connectivity index (χ4v) is 3.22. The molecule has 7 nitrogen and oxygen atoms in total. The molecule has 2 N–H and O–H groups in total. The lowest BCUT2D eigenvalue weighted by atomic mass is 9.92. The van der Waals surface area contributed by atoms with Crippen molar-refractivity contribution in [3.8, 4) is 5.75 Å². The molecule has 0 spiro atoms. The van der Waals surface area contributed by atoms with E-state index < -0.39 is 16.3 Å². The molecule has 23 heavy (non-hydrogen) atoms. The molecular weight excluding hydrogens is 320 g/mol. The van der Waals surface area contributed by atoms with E-state index in [4.69, 9.17) is 10.1 Å². The zero-order valence-electron chi connectivity index (χ0n) is 13.1. The van der Waals surface area contributed by atoms with Crippen molar-refractivity contribution in [1.29, 1.82) is 5.41 Å². The number of nitrogens with one attached hydrogen (secondary N) is 1. The monoisotopic (exact) mass is 338 g/mol. The van der Waals surface area contributed by atoms with E-state index in [9.17, 15) is 20.0 Å². The molecule has 124 valence electrons. The minimum Gasteiger partial charge on any atom is -0.507 e. The minimum absolute atomic E-state index is 0.0375. The molecular formula is C15H18N2O5S. The predicted octanol–water partition coefficient (Wildman–Crippen LogP) is 3.88. The summed E-state index contributed by atoms with van der Waals surface area (Å²) in [5.74, 6) is -0.433. The number of aliphatic hydroxyl groups excluding tert-OH is 1. The van der Waals surface area contributed by atoms with Gasteiger partial charge in [0.2, 0.25) is 0 Å². The standard InChI is InChI=1S/C15H18N2O5S/c1-4-5-6-8(18)12(16)11-13-9(7-10(23-13)17(20)21)22-15(2,3)14(11)19/h7,16,19H,4-6H2,1-3H3. The lowest BCUT2D eigenvalue weighted by Crippen LogP contribution is -2.36. The number of carbonyl (C=O) groups is 1. The van der Waals surface area contributed by atoms with Gasteiger partial charge >= 0.3 is 5.00 Å². The normalized spacial score (nSPS) is 15.8. The Morgan fingerprint density at radius 3 is 2.74 bits per heavy atom. The number of hydrogen-bond acceptors (Lipinski definition) is 7. The number of thiophene rings is 1. The van der Waals surface area contributed by atoms with Crippen molar-refractivity contribution in [2.45, 2.75) is 45.6 Å². The van der Waals surface area contributed by atoms with E-state index in [-0.39, 0.29) is 39.1 Å². The molecule has 0 aromatic carbocycles. The van der Waals surface area contributed by atoms with Crippen molar-refractivity contribution in [1.82, 2.24) is 0 Å². The van der Waals surface area contributed by atoms with E-state index in [2.05, 4.69) is 0 Å². The van der Waals surface area contributed by atoms with Gasteiger partial charge in [-0.1, -0.05) is 24.7 Å². The minimum atomic E-state index is -1.16. The zero-order valence-corrected chi connectivity index (χ0v) is 14.0. The molecule has 0 aliphatic carbocycles. The number of unbranched alkanes of at least 4 members (excludes halogenated alkanes) is 1. The van der Waals surface area contributed by atoms with E-state index in [0.717, 1.165) is 17.8 Å². The quantitative estimate of drug-likeness (QED) is 0.464. The van der Waals surface area contributed by atoms with E-state index in [0.29, 0.717) is 6.42 Å². The van der Waals surface area contributed by atoms with Crippen LogP contribution in [0.25, 0.3) is 5.57 Å². The Morgan fingerprint density at radius 1 is 1.52 bits per heavy atom. The fraction of sp³-hybridized carbons (Fsp3) is 0.467. The van der Waals surface area contributed by atoms with Crippen LogP contribution >= 0.6 is 11.3 Å². The number of fused-ring (bicyclic) bond motifs is 1. The van der Waals surface area contributed by atoms with Gasteiger partial charge in [-0.15, -0.1) is 0 Å². The molecule has 2 rings (SSSR count). The molecule has 0 bridgehead atoms. The van der Waals surface area contributed by atoms with Crippen LogP contribution < -0.4 is 4.74 Å². The van der Waals surface area contributed by atoms with Crippen LogP contribution in [0.1, 0.15) is 44.9 Å². The summed E-state index contributed by atoms with van der Waals surface area (Å²) in [5, 5.41) is 29.4. The van der Waals surface area contributed by atoms with Gasteiger partial charge in [0.05, 0.1) is 21.4 Å². The maximum Gasteiger partial charge on any atom is 0.328 e. The summed E-state index contributed by atoms with van der Waals surface area (Å²) in [6.45, 7) is 5.10. The van der Waals surface area contributed by atoms with Gasteiger partial charge in [0.25, 0.3) is 0 Å². The van der Waals surface area contributed by atoms with Gasteiger partial charge in [-0.2, -0.15) is 0 Å². The van der Waals surface area contributed by atoms with Gasteiger partial charge in [0.1, 0.15) is 17.2 Å². The van der Waals surface area contributed by atoms with E-state index in [1.54, 1.807) is 13.8 Å². The first-order chi connectivity index (χ1) is 10.7. The van der Waals surface area contributed by atoms with Crippen molar-refractivity contribution in [3.63, 3.8) is 0 Å². The molecule has 1 aliphatic rings. The molecule has 1 aromatic heterocycles. The highest BCUT2D eigenvalue weighted by Crippen LogP contribution is 2.47. The Labute approximate surface area is 137 Å². The second-order valence-corrected chi connectivity index (χ2v) is 6.80. The van der Waals surface area contributed by atoms with Crippen LogP contribution in [-0.2, 0) is 4.79 Å². The zero-order chi connectivity index (χ0) is 17.4. The van der Waals surface area contributed by atoms with Gasteiger partial charge in [-0.05, 0) is 20.3 Å². The number of rotatable bonds is 6. The van der Waals surface area contributed by atoms with Gasteiger partial charge in [0.15, 0.2) is 11.4 Å². The molecule has 1 aromatic rings. The number of allylic oxidation sites excluding steroid dienone is 1. The van der Waals surface area contributed by atoms with E-state index >= 15 is 0 Å². The topological polar surface area (TPSA) is 114 Å². The van der Waals surface area contributed by atoms with Gasteiger partial charge in [-0.25, -0.2) is 0 Å². The van der Waals surface area contributed by atoms with Crippen LogP contribution in [0.15, 0.2) is 11.8 Å². The van der Waals surface area contributed by atoms with Gasteiger partial charge in [0, 0.05) is 6.42 Å². The Balaban J connectivity index is 2.52. The van der Waals surface area contributed by atoms with Gasteiger partial charge in [-0.3, -0.25) is 20.3 Å². The third-order valence-electron chi connectivity index (χ3n) is 3.55. The smallest absolute Gasteiger partial charge is 0.328 e. The number of hydrogen-bond donors (Lipinski definition) is 2. The lowest BCUT2D eigenvalue weighted by molar-refractivity contribution is -0.380. The number of aliphatic hydroxyl groups is 1. The molecule has 0 fully saturated rings. The van der Waals surface area contributed by atoms with Crippen molar-refractivity contribution in [2.75, 3.05) is 0 Å². The second kappa shape index (κ2) is 6.11. The first kappa shape index (κ1) is 17.1. The number of ether oxygens (including phenoxy) is 1. The van der Waals surface area contributed by atoms with Crippen molar-refractivity contribution < 1.29 is 19.6 Å². The summed E-state index contributed by atoms with van der Waals surface area (Å²) < 4.78 is 5.59. The molecule has 1 aliphatic heterocycles. The van der Waals surface area contributed by atoms with E-state index in [1.165, 1.54) is 6.07 Å². The number of nitro groups is 1. The molecule has 0 atom stereocenters. The maximum absolute atomic E-state index is 12.2. The Morgan fingerprint density at radius 2 is 2.17 bits per heavy atom. The SMILES string of the molecule is CCCCC(=O)C(=N)C1=C(O)C(C)(C)Oc2cc([N+](=O)[O-])sc21. The summed E-state index contributed by atoms with van der Waals surface area (Å²) in [6.07, 6.45) is 1.66. The van der Waals surface area contributed by atoms with Gasteiger partial charge < -0.3 is 9.84 Å². The van der Waals surface area contributed by atoms with Crippen LogP contribution in [0.5, 0.6) is 5.75 Å².